The van der Waals surface area contributed by atoms with Gasteiger partial charge in [0.25, 0.3) is 5.56 Å². The minimum Gasteiger partial charge on any atom is -0.344 e. The number of fused-ring (bicyclic) bond motifs is 1. The fourth-order valence-corrected chi connectivity index (χ4v) is 2.79. The van der Waals surface area contributed by atoms with Crippen LogP contribution in [-0.2, 0) is 21.1 Å². The van der Waals surface area contributed by atoms with Gasteiger partial charge in [-0.05, 0) is 19.9 Å². The van der Waals surface area contributed by atoms with Crippen LogP contribution < -0.4 is 5.56 Å². The second-order valence-electron chi connectivity index (χ2n) is 6.50. The molecule has 0 unspecified atom stereocenters. The predicted octanol–water partition coefficient (Wildman–Crippen LogP) is 0.747. The van der Waals surface area contributed by atoms with Crippen molar-refractivity contribution in [1.29, 1.82) is 0 Å². The molecule has 0 fully saturated rings. The first-order valence-corrected chi connectivity index (χ1v) is 9.32. The van der Waals surface area contributed by atoms with Crippen molar-refractivity contribution in [2.75, 3.05) is 19.8 Å². The molecule has 130 valence electrons. The zero-order chi connectivity index (χ0) is 18.1. The molecule has 1 aromatic carbocycles. The summed E-state index contributed by atoms with van der Waals surface area (Å²) in [5, 5.41) is 7.44. The summed E-state index contributed by atoms with van der Waals surface area (Å²) in [6.07, 6.45) is 1.13. The van der Waals surface area contributed by atoms with Gasteiger partial charge in [-0.1, -0.05) is 18.2 Å². The van der Waals surface area contributed by atoms with Crippen molar-refractivity contribution in [3.8, 4) is 0 Å². The summed E-state index contributed by atoms with van der Waals surface area (Å²) in [4.78, 5) is 25.6. The Balaban J connectivity index is 2.25. The third-order valence-corrected chi connectivity index (χ3v) is 6.28. The molecule has 0 aliphatic rings. The van der Waals surface area contributed by atoms with Gasteiger partial charge in [0.2, 0.25) is 5.91 Å². The number of aromatic nitrogens is 2. The van der Waals surface area contributed by atoms with E-state index in [0.29, 0.717) is 16.5 Å². The van der Waals surface area contributed by atoms with Crippen LogP contribution in [-0.4, -0.2) is 54.0 Å². The van der Waals surface area contributed by atoms with E-state index in [-0.39, 0.29) is 24.4 Å². The summed E-state index contributed by atoms with van der Waals surface area (Å²) >= 11 is 0. The number of carbonyl (C=O) groups is 1. The van der Waals surface area contributed by atoms with Gasteiger partial charge in [-0.3, -0.25) is 9.59 Å². The second kappa shape index (κ2) is 6.35. The quantitative estimate of drug-likeness (QED) is 0.857. The number of H-pyrrole nitrogens is 1. The molecule has 1 amide bonds. The molecule has 0 bridgehead atoms. The lowest BCUT2D eigenvalue weighted by atomic mass is 10.1. The van der Waals surface area contributed by atoms with Crippen molar-refractivity contribution in [1.82, 2.24) is 15.1 Å². The van der Waals surface area contributed by atoms with Crippen LogP contribution >= 0.6 is 0 Å². The molecule has 0 aliphatic heterocycles. The first kappa shape index (κ1) is 18.1. The molecule has 0 atom stereocenters. The average Bonchev–Trinajstić information content (AvgIpc) is 2.48. The molecular formula is C16H21N3O4S. The normalized spacial score (nSPS) is 12.3. The van der Waals surface area contributed by atoms with Crippen LogP contribution in [0.25, 0.3) is 10.8 Å². The summed E-state index contributed by atoms with van der Waals surface area (Å²) in [6, 6.07) is 6.92. The Morgan fingerprint density at radius 1 is 1.25 bits per heavy atom. The fourth-order valence-electron chi connectivity index (χ4n) is 2.36. The van der Waals surface area contributed by atoms with Crippen molar-refractivity contribution in [3.05, 3.63) is 40.3 Å². The van der Waals surface area contributed by atoms with E-state index in [2.05, 4.69) is 10.2 Å². The molecule has 8 heteroatoms. The first-order valence-electron chi connectivity index (χ1n) is 7.43. The predicted molar refractivity (Wildman–Crippen MR) is 92.6 cm³/mol. The Kier molecular flexibility index (Phi) is 4.80. The molecule has 1 heterocycles. The second-order valence-corrected chi connectivity index (χ2v) is 9.15. The molecule has 7 nitrogen and oxygen atoms in total. The van der Waals surface area contributed by atoms with Crippen molar-refractivity contribution in [3.63, 3.8) is 0 Å². The maximum absolute atomic E-state index is 12.4. The molecule has 1 aromatic heterocycles. The molecule has 0 aliphatic carbocycles. The Morgan fingerprint density at radius 3 is 2.42 bits per heavy atom. The van der Waals surface area contributed by atoms with E-state index >= 15 is 0 Å². The summed E-state index contributed by atoms with van der Waals surface area (Å²) < 4.78 is 22.5. The number of benzene rings is 1. The van der Waals surface area contributed by atoms with E-state index < -0.39 is 14.6 Å². The summed E-state index contributed by atoms with van der Waals surface area (Å²) in [6.45, 7) is 3.24. The Labute approximate surface area is 140 Å². The Bertz CT molecular complexity index is 932. The molecular weight excluding hydrogens is 330 g/mol. The van der Waals surface area contributed by atoms with E-state index in [9.17, 15) is 18.0 Å². The number of carbonyl (C=O) groups excluding carboxylic acids is 1. The highest BCUT2D eigenvalue weighted by Gasteiger charge is 2.32. The van der Waals surface area contributed by atoms with Crippen molar-refractivity contribution < 1.29 is 13.2 Å². The first-order chi connectivity index (χ1) is 11.0. The molecule has 0 radical (unpaired) electrons. The smallest absolute Gasteiger partial charge is 0.272 e. The van der Waals surface area contributed by atoms with Crippen LogP contribution in [0.3, 0.4) is 0 Å². The minimum absolute atomic E-state index is 0.0202. The van der Waals surface area contributed by atoms with Crippen LogP contribution in [0.1, 0.15) is 19.5 Å². The molecule has 1 N–H and O–H groups in total. The number of sulfone groups is 1. The van der Waals surface area contributed by atoms with Gasteiger partial charge in [0, 0.05) is 25.2 Å². The van der Waals surface area contributed by atoms with Crippen LogP contribution in [0, 0.1) is 0 Å². The number of nitrogens with one attached hydrogen (secondary N) is 1. The van der Waals surface area contributed by atoms with Gasteiger partial charge in [-0.15, -0.1) is 0 Å². The molecule has 2 rings (SSSR count). The monoisotopic (exact) mass is 351 g/mol. The number of aromatic amines is 1. The van der Waals surface area contributed by atoms with Crippen LogP contribution in [0.5, 0.6) is 0 Å². The van der Waals surface area contributed by atoms with E-state index in [1.807, 2.05) is 0 Å². The van der Waals surface area contributed by atoms with Crippen molar-refractivity contribution in [2.45, 2.75) is 25.0 Å². The highest BCUT2D eigenvalue weighted by atomic mass is 32.2. The van der Waals surface area contributed by atoms with Gasteiger partial charge in [-0.2, -0.15) is 5.10 Å². The van der Waals surface area contributed by atoms with Crippen molar-refractivity contribution in [2.24, 2.45) is 0 Å². The minimum atomic E-state index is -3.30. The van der Waals surface area contributed by atoms with Gasteiger partial charge in [0.15, 0.2) is 9.84 Å². The summed E-state index contributed by atoms with van der Waals surface area (Å²) in [7, 11) is -1.74. The van der Waals surface area contributed by atoms with Gasteiger partial charge < -0.3 is 4.90 Å². The van der Waals surface area contributed by atoms with Crippen molar-refractivity contribution >= 4 is 26.5 Å². The van der Waals surface area contributed by atoms with E-state index in [0.717, 1.165) is 6.26 Å². The molecule has 24 heavy (non-hydrogen) atoms. The van der Waals surface area contributed by atoms with Gasteiger partial charge in [-0.25, -0.2) is 13.5 Å². The maximum Gasteiger partial charge on any atom is 0.272 e. The standard InChI is InChI=1S/C16H21N3O4S/c1-16(2,24(4,22)23)10-19(3)14(20)9-13-11-7-5-6-8-12(11)15(21)18-17-13/h5-8H,9-10H2,1-4H3,(H,18,21). The Hall–Kier alpha value is -2.22. The number of hydrogen-bond donors (Lipinski definition) is 1. The topological polar surface area (TPSA) is 100 Å². The summed E-state index contributed by atoms with van der Waals surface area (Å²) in [5.74, 6) is -0.267. The number of hydrogen-bond acceptors (Lipinski definition) is 5. The van der Waals surface area contributed by atoms with Gasteiger partial charge in [0.1, 0.15) is 0 Å². The van der Waals surface area contributed by atoms with Crippen LogP contribution in [0.4, 0.5) is 0 Å². The van der Waals surface area contributed by atoms with Gasteiger partial charge >= 0.3 is 0 Å². The lowest BCUT2D eigenvalue weighted by Gasteiger charge is -2.28. The molecule has 0 saturated carbocycles. The molecule has 0 spiro atoms. The average molecular weight is 351 g/mol. The SMILES string of the molecule is CN(CC(C)(C)S(C)(=O)=O)C(=O)Cc1n[nH]c(=O)c2ccccc12. The lowest BCUT2D eigenvalue weighted by molar-refractivity contribution is -0.129. The number of amides is 1. The largest absolute Gasteiger partial charge is 0.344 e. The Morgan fingerprint density at radius 2 is 1.83 bits per heavy atom. The van der Waals surface area contributed by atoms with E-state index in [4.69, 9.17) is 0 Å². The van der Waals surface area contributed by atoms with E-state index in [1.54, 1.807) is 45.2 Å². The lowest BCUT2D eigenvalue weighted by Crippen LogP contribution is -2.45. The van der Waals surface area contributed by atoms with Gasteiger partial charge in [0.05, 0.1) is 22.2 Å². The number of rotatable bonds is 5. The third-order valence-electron chi connectivity index (χ3n) is 4.14. The molecule has 0 saturated heterocycles. The van der Waals surface area contributed by atoms with E-state index in [1.165, 1.54) is 4.90 Å². The highest BCUT2D eigenvalue weighted by molar-refractivity contribution is 7.92. The number of nitrogens with zero attached hydrogens (tertiary/aromatic N) is 2. The van der Waals surface area contributed by atoms with Crippen LogP contribution in [0.15, 0.2) is 29.1 Å². The number of likely N-dealkylation sites (N-methyl/N-ethyl adjacent to an activating group) is 1. The fraction of sp³-hybridized carbons (Fsp3) is 0.438. The summed E-state index contributed by atoms with van der Waals surface area (Å²) in [5.41, 5.74) is 0.146. The van der Waals surface area contributed by atoms with Crippen LogP contribution in [0.2, 0.25) is 0 Å². The maximum atomic E-state index is 12.4. The highest BCUT2D eigenvalue weighted by Crippen LogP contribution is 2.18. The zero-order valence-electron chi connectivity index (χ0n) is 14.2. The molecule has 2 aromatic rings. The third kappa shape index (κ3) is 3.64. The zero-order valence-corrected chi connectivity index (χ0v) is 15.0.